The van der Waals surface area contributed by atoms with Gasteiger partial charge in [0.15, 0.2) is 0 Å². The van der Waals surface area contributed by atoms with Crippen molar-refractivity contribution in [3.8, 4) is 0 Å². The largest absolute Gasteiger partial charge is 0.445 e. The van der Waals surface area contributed by atoms with E-state index >= 15 is 0 Å². The molecule has 0 saturated heterocycles. The first kappa shape index (κ1) is 16.7. The number of hydrogen-bond acceptors (Lipinski definition) is 2. The van der Waals surface area contributed by atoms with Crippen molar-refractivity contribution in [3.05, 3.63) is 77.1 Å². The highest BCUT2D eigenvalue weighted by molar-refractivity contribution is 5.67. The number of nitrogens with one attached hydrogen (secondary N) is 1. The molecule has 23 heavy (non-hydrogen) atoms. The smallest absolute Gasteiger partial charge is 0.407 e. The van der Waals surface area contributed by atoms with Gasteiger partial charge < -0.3 is 10.1 Å². The lowest BCUT2D eigenvalue weighted by molar-refractivity contribution is 0.140. The summed E-state index contributed by atoms with van der Waals surface area (Å²) in [5, 5.41) is 2.69. The molecular weight excluding hydrogens is 293 g/mol. The molecule has 0 unspecified atom stereocenters. The van der Waals surface area contributed by atoms with Crippen LogP contribution in [0.5, 0.6) is 0 Å². The number of ether oxygens (including phenoxy) is 1. The molecule has 1 amide bonds. The molecule has 0 aliphatic heterocycles. The molecule has 0 heterocycles. The lowest BCUT2D eigenvalue weighted by Gasteiger charge is -2.05. The average molecular weight is 313 g/mol. The highest BCUT2D eigenvalue weighted by Crippen LogP contribution is 2.10. The fraction of sp³-hybridized carbons (Fsp3) is 0.211. The first-order valence-electron chi connectivity index (χ1n) is 7.52. The van der Waals surface area contributed by atoms with Gasteiger partial charge in [-0.05, 0) is 42.2 Å². The van der Waals surface area contributed by atoms with E-state index in [1.165, 1.54) is 6.07 Å². The van der Waals surface area contributed by atoms with Gasteiger partial charge >= 0.3 is 6.09 Å². The highest BCUT2D eigenvalue weighted by Gasteiger charge is 2.00. The summed E-state index contributed by atoms with van der Waals surface area (Å²) in [6, 6.07) is 14.5. The van der Waals surface area contributed by atoms with Crippen molar-refractivity contribution < 1.29 is 13.9 Å². The summed E-state index contributed by atoms with van der Waals surface area (Å²) in [5.41, 5.74) is 2.51. The Bertz CT molecular complexity index is 668. The van der Waals surface area contributed by atoms with Gasteiger partial charge in [0.1, 0.15) is 12.4 Å². The molecule has 0 aromatic heterocycles. The number of aryl methyl sites for hydroxylation is 1. The Kier molecular flexibility index (Phi) is 6.36. The molecule has 0 radical (unpaired) electrons. The maximum atomic E-state index is 13.1. The molecule has 0 aliphatic carbocycles. The Morgan fingerprint density at radius 3 is 2.74 bits per heavy atom. The number of halogens is 1. The van der Waals surface area contributed by atoms with Gasteiger partial charge in [-0.2, -0.15) is 0 Å². The van der Waals surface area contributed by atoms with Crippen LogP contribution in [0.2, 0.25) is 0 Å². The summed E-state index contributed by atoms with van der Waals surface area (Å²) < 4.78 is 18.2. The fourth-order valence-electron chi connectivity index (χ4n) is 2.02. The van der Waals surface area contributed by atoms with E-state index in [-0.39, 0.29) is 12.4 Å². The molecule has 2 aromatic rings. The van der Waals surface area contributed by atoms with E-state index in [1.54, 1.807) is 19.1 Å². The first-order valence-corrected chi connectivity index (χ1v) is 7.52. The lowest BCUT2D eigenvalue weighted by Crippen LogP contribution is -2.24. The van der Waals surface area contributed by atoms with Crippen LogP contribution in [0.25, 0.3) is 6.08 Å². The Labute approximate surface area is 135 Å². The van der Waals surface area contributed by atoms with E-state index in [1.807, 2.05) is 42.5 Å². The minimum absolute atomic E-state index is 0.204. The average Bonchev–Trinajstić information content (AvgIpc) is 2.57. The molecule has 0 spiro atoms. The number of rotatable bonds is 6. The third kappa shape index (κ3) is 5.94. The van der Waals surface area contributed by atoms with Crippen molar-refractivity contribution in [2.24, 2.45) is 0 Å². The van der Waals surface area contributed by atoms with Crippen LogP contribution in [0.3, 0.4) is 0 Å². The lowest BCUT2D eigenvalue weighted by atomic mass is 10.1. The Hall–Kier alpha value is -2.62. The van der Waals surface area contributed by atoms with E-state index < -0.39 is 6.09 Å². The zero-order valence-corrected chi connectivity index (χ0v) is 13.1. The van der Waals surface area contributed by atoms with Gasteiger partial charge in [-0.1, -0.05) is 48.6 Å². The number of hydrogen-bond donors (Lipinski definition) is 1. The van der Waals surface area contributed by atoms with Crippen LogP contribution in [0, 0.1) is 12.7 Å². The van der Waals surface area contributed by atoms with E-state index in [0.29, 0.717) is 18.5 Å². The van der Waals surface area contributed by atoms with Gasteiger partial charge in [0.2, 0.25) is 0 Å². The molecule has 120 valence electrons. The topological polar surface area (TPSA) is 38.3 Å². The summed E-state index contributed by atoms with van der Waals surface area (Å²) in [6.45, 7) is 2.48. The number of benzene rings is 2. The van der Waals surface area contributed by atoms with E-state index in [2.05, 4.69) is 5.32 Å². The summed E-state index contributed by atoms with van der Waals surface area (Å²) in [7, 11) is 0. The van der Waals surface area contributed by atoms with Crippen molar-refractivity contribution in [2.45, 2.75) is 20.0 Å². The molecule has 1 N–H and O–H groups in total. The second-order valence-electron chi connectivity index (χ2n) is 5.19. The molecule has 0 fully saturated rings. The number of alkyl carbamates (subject to hydrolysis) is 1. The fourth-order valence-corrected chi connectivity index (χ4v) is 2.02. The Balaban J connectivity index is 1.65. The van der Waals surface area contributed by atoms with Crippen molar-refractivity contribution in [3.63, 3.8) is 0 Å². The highest BCUT2D eigenvalue weighted by atomic mass is 19.1. The second kappa shape index (κ2) is 8.73. The third-order valence-corrected chi connectivity index (χ3v) is 3.29. The van der Waals surface area contributed by atoms with Gasteiger partial charge in [0.25, 0.3) is 0 Å². The minimum Gasteiger partial charge on any atom is -0.445 e. The molecule has 4 heteroatoms. The Morgan fingerprint density at radius 1 is 1.22 bits per heavy atom. The molecule has 0 bridgehead atoms. The molecule has 0 aliphatic rings. The van der Waals surface area contributed by atoms with Crippen LogP contribution in [-0.4, -0.2) is 12.6 Å². The quantitative estimate of drug-likeness (QED) is 0.799. The van der Waals surface area contributed by atoms with E-state index in [4.69, 9.17) is 4.74 Å². The standard InChI is InChI=1S/C19H20FNO2/c1-15-13-16(10-11-18(15)20)7-5-6-12-21-19(22)23-14-17-8-3-2-4-9-17/h2-5,7-11,13H,6,12,14H2,1H3,(H,21,22). The predicted octanol–water partition coefficient (Wildman–Crippen LogP) is 4.46. The number of amides is 1. The van der Waals surface area contributed by atoms with Gasteiger partial charge in [0.05, 0.1) is 0 Å². The number of carbonyl (C=O) groups excluding carboxylic acids is 1. The van der Waals surface area contributed by atoms with Gasteiger partial charge in [-0.15, -0.1) is 0 Å². The van der Waals surface area contributed by atoms with E-state index in [9.17, 15) is 9.18 Å². The van der Waals surface area contributed by atoms with Crippen molar-refractivity contribution in [2.75, 3.05) is 6.54 Å². The summed E-state index contributed by atoms with van der Waals surface area (Å²) in [6.07, 6.45) is 4.09. The Morgan fingerprint density at radius 2 is 2.00 bits per heavy atom. The van der Waals surface area contributed by atoms with Crippen molar-refractivity contribution >= 4 is 12.2 Å². The second-order valence-corrected chi connectivity index (χ2v) is 5.19. The molecule has 2 rings (SSSR count). The zero-order chi connectivity index (χ0) is 16.5. The summed E-state index contributed by atoms with van der Waals surface area (Å²) in [5.74, 6) is -0.204. The normalized spacial score (nSPS) is 10.7. The first-order chi connectivity index (χ1) is 11.1. The van der Waals surface area contributed by atoms with Gasteiger partial charge in [-0.25, -0.2) is 9.18 Å². The molecule has 0 atom stereocenters. The van der Waals surface area contributed by atoms with Crippen LogP contribution in [0.4, 0.5) is 9.18 Å². The van der Waals surface area contributed by atoms with E-state index in [0.717, 1.165) is 11.1 Å². The monoisotopic (exact) mass is 313 g/mol. The van der Waals surface area contributed by atoms with Crippen molar-refractivity contribution in [1.29, 1.82) is 0 Å². The summed E-state index contributed by atoms with van der Waals surface area (Å²) >= 11 is 0. The maximum absolute atomic E-state index is 13.1. The van der Waals surface area contributed by atoms with Crippen LogP contribution in [0.1, 0.15) is 23.1 Å². The van der Waals surface area contributed by atoms with Gasteiger partial charge in [-0.3, -0.25) is 0 Å². The molecule has 3 nitrogen and oxygen atoms in total. The van der Waals surface area contributed by atoms with Crippen LogP contribution >= 0.6 is 0 Å². The van der Waals surface area contributed by atoms with Crippen LogP contribution in [0.15, 0.2) is 54.6 Å². The molecular formula is C19H20FNO2. The zero-order valence-electron chi connectivity index (χ0n) is 13.1. The molecule has 0 saturated carbocycles. The van der Waals surface area contributed by atoms with Crippen LogP contribution in [-0.2, 0) is 11.3 Å². The van der Waals surface area contributed by atoms with Gasteiger partial charge in [0, 0.05) is 6.54 Å². The number of carbonyl (C=O) groups is 1. The third-order valence-electron chi connectivity index (χ3n) is 3.29. The predicted molar refractivity (Wildman–Crippen MR) is 89.4 cm³/mol. The minimum atomic E-state index is -0.431. The summed E-state index contributed by atoms with van der Waals surface area (Å²) in [4.78, 5) is 11.5. The molecule has 2 aromatic carbocycles. The maximum Gasteiger partial charge on any atom is 0.407 e. The van der Waals surface area contributed by atoms with Crippen LogP contribution < -0.4 is 5.32 Å². The SMILES string of the molecule is Cc1cc(C=CCCNC(=O)OCc2ccccc2)ccc1F. The van der Waals surface area contributed by atoms with Crippen molar-refractivity contribution in [1.82, 2.24) is 5.32 Å².